The van der Waals surface area contributed by atoms with Gasteiger partial charge in [0, 0.05) is 24.1 Å². The number of alkyl halides is 1. The first-order valence-corrected chi connectivity index (χ1v) is 8.46. The van der Waals surface area contributed by atoms with Crippen LogP contribution in [0, 0.1) is 0 Å². The molecule has 2 aromatic rings. The predicted molar refractivity (Wildman–Crippen MR) is 81.0 cm³/mol. The van der Waals surface area contributed by atoms with Crippen LogP contribution in [0.3, 0.4) is 0 Å². The first-order chi connectivity index (χ1) is 9.85. The maximum atomic E-state index is 4.70. The molecule has 2 aromatic heterocycles. The van der Waals surface area contributed by atoms with Gasteiger partial charge in [0.25, 0.3) is 0 Å². The van der Waals surface area contributed by atoms with Gasteiger partial charge in [-0.2, -0.15) is 5.10 Å². The van der Waals surface area contributed by atoms with Crippen LogP contribution < -0.4 is 0 Å². The number of hydrogen-bond donors (Lipinski definition) is 0. The smallest absolute Gasteiger partial charge is 0.0867 e. The van der Waals surface area contributed by atoms with Gasteiger partial charge in [-0.05, 0) is 18.9 Å². The molecule has 0 atom stereocenters. The molecule has 0 N–H and O–H groups in total. The Hall–Kier alpha value is -1.17. The summed E-state index contributed by atoms with van der Waals surface area (Å²) in [6, 6.07) is 2.69. The van der Waals surface area contributed by atoms with Gasteiger partial charge in [0.05, 0.1) is 24.0 Å². The minimum absolute atomic E-state index is 0.595. The monoisotopic (exact) mass is 337 g/mol. The molecule has 0 aliphatic heterocycles. The minimum Gasteiger partial charge on any atom is -0.269 e. The van der Waals surface area contributed by atoms with Gasteiger partial charge < -0.3 is 0 Å². The van der Waals surface area contributed by atoms with Gasteiger partial charge in [-0.3, -0.25) is 4.68 Å². The fourth-order valence-corrected chi connectivity index (χ4v) is 3.21. The summed E-state index contributed by atoms with van der Waals surface area (Å²) >= 11 is 3.42. The van der Waals surface area contributed by atoms with Crippen molar-refractivity contribution >= 4 is 15.9 Å². The summed E-state index contributed by atoms with van der Waals surface area (Å²) in [6.07, 6.45) is 11.6. The molecular weight excluding hydrogens is 318 g/mol. The number of nitrogens with zero attached hydrogens (tertiary/aromatic N) is 5. The van der Waals surface area contributed by atoms with E-state index in [2.05, 4.69) is 43.2 Å². The fourth-order valence-electron chi connectivity index (χ4n) is 2.80. The van der Waals surface area contributed by atoms with Crippen LogP contribution in [0.1, 0.15) is 49.5 Å². The van der Waals surface area contributed by atoms with Gasteiger partial charge in [-0.1, -0.05) is 40.4 Å². The van der Waals surface area contributed by atoms with Crippen LogP contribution >= 0.6 is 15.9 Å². The van der Waals surface area contributed by atoms with E-state index in [1.54, 1.807) is 0 Å². The average molecular weight is 338 g/mol. The summed E-state index contributed by atoms with van der Waals surface area (Å²) in [5.41, 5.74) is 2.08. The molecule has 1 fully saturated rings. The number of aryl methyl sites for hydroxylation is 1. The zero-order valence-corrected chi connectivity index (χ0v) is 13.2. The van der Waals surface area contributed by atoms with Crippen LogP contribution in [0.5, 0.6) is 0 Å². The Kier molecular flexibility index (Phi) is 4.50. The summed E-state index contributed by atoms with van der Waals surface area (Å²) in [5, 5.41) is 13.9. The van der Waals surface area contributed by atoms with E-state index in [0.29, 0.717) is 12.6 Å². The molecule has 0 unspecified atom stereocenters. The summed E-state index contributed by atoms with van der Waals surface area (Å²) < 4.78 is 4.01. The fraction of sp³-hybridized carbons (Fsp3) is 0.643. The van der Waals surface area contributed by atoms with Gasteiger partial charge in [-0.15, -0.1) is 5.10 Å². The number of hydrogen-bond acceptors (Lipinski definition) is 3. The Balaban J connectivity index is 1.63. The highest BCUT2D eigenvalue weighted by atomic mass is 79.9. The van der Waals surface area contributed by atoms with E-state index in [0.717, 1.165) is 23.1 Å². The van der Waals surface area contributed by atoms with Crippen LogP contribution in [0.15, 0.2) is 18.5 Å². The molecule has 0 radical (unpaired) electrons. The van der Waals surface area contributed by atoms with Crippen molar-refractivity contribution in [2.24, 2.45) is 0 Å². The zero-order valence-electron chi connectivity index (χ0n) is 11.6. The van der Waals surface area contributed by atoms with Crippen molar-refractivity contribution in [3.63, 3.8) is 0 Å². The highest BCUT2D eigenvalue weighted by molar-refractivity contribution is 9.09. The Morgan fingerprint density at radius 3 is 2.85 bits per heavy atom. The number of rotatable bonds is 5. The van der Waals surface area contributed by atoms with E-state index < -0.39 is 0 Å². The van der Waals surface area contributed by atoms with Crippen molar-refractivity contribution < 1.29 is 0 Å². The molecule has 1 aliphatic carbocycles. The lowest BCUT2D eigenvalue weighted by Gasteiger charge is -2.21. The normalized spacial score (nSPS) is 16.6. The van der Waals surface area contributed by atoms with Crippen molar-refractivity contribution in [3.05, 3.63) is 29.8 Å². The van der Waals surface area contributed by atoms with Crippen molar-refractivity contribution in [1.82, 2.24) is 24.8 Å². The van der Waals surface area contributed by atoms with Gasteiger partial charge in [0.15, 0.2) is 0 Å². The molecule has 0 spiro atoms. The average Bonchev–Trinajstić information content (AvgIpc) is 3.11. The summed E-state index contributed by atoms with van der Waals surface area (Å²) in [5.74, 6) is 0. The van der Waals surface area contributed by atoms with Crippen LogP contribution in [0.4, 0.5) is 0 Å². The maximum absolute atomic E-state index is 4.70. The van der Waals surface area contributed by atoms with Gasteiger partial charge in [0.1, 0.15) is 0 Å². The van der Waals surface area contributed by atoms with E-state index in [-0.39, 0.29) is 0 Å². The molecule has 20 heavy (non-hydrogen) atoms. The Bertz CT molecular complexity index is 541. The summed E-state index contributed by atoms with van der Waals surface area (Å²) in [4.78, 5) is 0. The maximum Gasteiger partial charge on any atom is 0.0867 e. The second-order valence-corrected chi connectivity index (χ2v) is 6.22. The molecule has 0 saturated heterocycles. The van der Waals surface area contributed by atoms with Crippen LogP contribution in [0.2, 0.25) is 0 Å². The largest absolute Gasteiger partial charge is 0.269 e. The zero-order chi connectivity index (χ0) is 13.8. The Labute approximate surface area is 127 Å². The van der Waals surface area contributed by atoms with E-state index in [4.69, 9.17) is 5.10 Å². The quantitative estimate of drug-likeness (QED) is 0.788. The third-order valence-electron chi connectivity index (χ3n) is 3.87. The predicted octanol–water partition coefficient (Wildman–Crippen LogP) is 2.97. The second kappa shape index (κ2) is 6.52. The lowest BCUT2D eigenvalue weighted by molar-refractivity contribution is 0.327. The lowest BCUT2D eigenvalue weighted by Crippen LogP contribution is -2.13. The first-order valence-electron chi connectivity index (χ1n) is 7.34. The van der Waals surface area contributed by atoms with E-state index in [9.17, 15) is 0 Å². The van der Waals surface area contributed by atoms with Gasteiger partial charge >= 0.3 is 0 Å². The summed E-state index contributed by atoms with van der Waals surface area (Å²) in [6.45, 7) is 0.703. The number of halogens is 1. The molecule has 6 heteroatoms. The van der Waals surface area contributed by atoms with E-state index in [1.165, 1.54) is 32.1 Å². The second-order valence-electron chi connectivity index (χ2n) is 5.43. The molecule has 5 nitrogen and oxygen atoms in total. The Morgan fingerprint density at radius 2 is 2.05 bits per heavy atom. The van der Waals surface area contributed by atoms with Crippen molar-refractivity contribution in [3.8, 4) is 0 Å². The topological polar surface area (TPSA) is 48.5 Å². The molecule has 1 aliphatic rings. The van der Waals surface area contributed by atoms with E-state index in [1.807, 2.05) is 10.9 Å². The van der Waals surface area contributed by atoms with Crippen molar-refractivity contribution in [1.29, 1.82) is 0 Å². The van der Waals surface area contributed by atoms with E-state index >= 15 is 0 Å². The van der Waals surface area contributed by atoms with Gasteiger partial charge in [0.2, 0.25) is 0 Å². The number of aromatic nitrogens is 5. The Morgan fingerprint density at radius 1 is 1.20 bits per heavy atom. The molecule has 1 saturated carbocycles. The molecule has 0 bridgehead atoms. The molecule has 0 amide bonds. The van der Waals surface area contributed by atoms with Crippen LogP contribution in [0.25, 0.3) is 0 Å². The first kappa shape index (κ1) is 13.8. The molecule has 3 rings (SSSR count). The van der Waals surface area contributed by atoms with Crippen molar-refractivity contribution in [2.45, 2.75) is 51.1 Å². The third-order valence-corrected chi connectivity index (χ3v) is 4.27. The molecule has 0 aromatic carbocycles. The van der Waals surface area contributed by atoms with Crippen molar-refractivity contribution in [2.75, 3.05) is 5.33 Å². The minimum atomic E-state index is 0.595. The highest BCUT2D eigenvalue weighted by Crippen LogP contribution is 2.27. The lowest BCUT2D eigenvalue weighted by atomic mass is 9.96. The van der Waals surface area contributed by atoms with Gasteiger partial charge in [-0.25, -0.2) is 4.68 Å². The summed E-state index contributed by atoms with van der Waals surface area (Å²) in [7, 11) is 0. The molecule has 108 valence electrons. The third kappa shape index (κ3) is 3.29. The van der Waals surface area contributed by atoms with Crippen LogP contribution in [-0.2, 0) is 13.0 Å². The SMILES string of the molecule is BrCCc1cn(Cc2ccn(C3CCCCC3)n2)nn1. The van der Waals surface area contributed by atoms with Crippen LogP contribution in [-0.4, -0.2) is 30.1 Å². The molecule has 2 heterocycles. The molecular formula is C14H20BrN5. The highest BCUT2D eigenvalue weighted by Gasteiger charge is 2.16. The standard InChI is InChI=1S/C14H20BrN5/c15-8-6-12-10-19(18-16-12)11-13-7-9-20(17-13)14-4-2-1-3-5-14/h7,9-10,14H,1-6,8,11H2.